The Hall–Kier alpha value is -2.41. The number of carbonyl (C=O) groups is 1. The van der Waals surface area contributed by atoms with Crippen LogP contribution >= 0.6 is 0 Å². The fourth-order valence-electron chi connectivity index (χ4n) is 2.34. The van der Waals surface area contributed by atoms with Crippen molar-refractivity contribution in [3.05, 3.63) is 30.2 Å². The van der Waals surface area contributed by atoms with Gasteiger partial charge in [-0.2, -0.15) is 0 Å². The number of hydrogen-bond acceptors (Lipinski definition) is 5. The van der Waals surface area contributed by atoms with Crippen molar-refractivity contribution in [2.24, 2.45) is 0 Å². The Balaban J connectivity index is 1.65. The number of anilines is 1. The molecule has 2 amide bonds. The minimum Gasteiger partial charge on any atom is -0.421 e. The van der Waals surface area contributed by atoms with Gasteiger partial charge in [-0.05, 0) is 30.7 Å². The summed E-state index contributed by atoms with van der Waals surface area (Å²) < 4.78 is 5.49. The average Bonchev–Trinajstić information content (AvgIpc) is 3.17. The molecule has 1 atom stereocenters. The van der Waals surface area contributed by atoms with Crippen molar-refractivity contribution in [1.82, 2.24) is 15.1 Å². The highest BCUT2D eigenvalue weighted by Gasteiger charge is 2.24. The van der Waals surface area contributed by atoms with Gasteiger partial charge in [-0.1, -0.05) is 6.92 Å². The number of amides is 2. The van der Waals surface area contributed by atoms with Crippen LogP contribution in [0.15, 0.2) is 28.7 Å². The third-order valence-electron chi connectivity index (χ3n) is 3.60. The molecule has 7 nitrogen and oxygen atoms in total. The molecule has 116 valence electrons. The predicted octanol–water partition coefficient (Wildman–Crippen LogP) is 1.90. The first-order chi connectivity index (χ1) is 10.7. The molecule has 0 bridgehead atoms. The fourth-order valence-corrected chi connectivity index (χ4v) is 2.34. The number of aliphatic hydroxyl groups excluding tert-OH is 1. The van der Waals surface area contributed by atoms with Crippen molar-refractivity contribution >= 4 is 11.7 Å². The third-order valence-corrected chi connectivity index (χ3v) is 3.60. The maximum absolute atomic E-state index is 12.0. The lowest BCUT2D eigenvalue weighted by molar-refractivity contribution is 0.176. The van der Waals surface area contributed by atoms with E-state index in [4.69, 9.17) is 4.42 Å². The molecule has 0 spiro atoms. The minimum atomic E-state index is -0.418. The quantitative estimate of drug-likeness (QED) is 0.903. The number of carbonyl (C=O) groups excluding carboxylic acids is 1. The summed E-state index contributed by atoms with van der Waals surface area (Å²) in [5.41, 5.74) is 1.49. The summed E-state index contributed by atoms with van der Waals surface area (Å²) in [6.45, 7) is 2.91. The van der Waals surface area contributed by atoms with E-state index in [9.17, 15) is 9.90 Å². The Morgan fingerprint density at radius 3 is 2.77 bits per heavy atom. The van der Waals surface area contributed by atoms with Crippen LogP contribution in [0.1, 0.15) is 19.2 Å². The molecule has 0 aliphatic carbocycles. The van der Waals surface area contributed by atoms with Crippen molar-refractivity contribution in [1.29, 1.82) is 0 Å². The van der Waals surface area contributed by atoms with Crippen molar-refractivity contribution < 1.29 is 14.3 Å². The summed E-state index contributed by atoms with van der Waals surface area (Å²) in [6.07, 6.45) is 0.907. The van der Waals surface area contributed by atoms with Gasteiger partial charge in [0.2, 0.25) is 11.8 Å². The topological polar surface area (TPSA) is 91.5 Å². The maximum Gasteiger partial charge on any atom is 0.321 e. The number of aromatic nitrogens is 2. The molecule has 0 radical (unpaired) electrons. The summed E-state index contributed by atoms with van der Waals surface area (Å²) in [4.78, 5) is 13.6. The molecule has 1 aromatic heterocycles. The number of urea groups is 1. The molecule has 3 rings (SSSR count). The predicted molar refractivity (Wildman–Crippen MR) is 80.3 cm³/mol. The Kier molecular flexibility index (Phi) is 4.06. The Bertz CT molecular complexity index is 653. The zero-order valence-electron chi connectivity index (χ0n) is 12.3. The van der Waals surface area contributed by atoms with Gasteiger partial charge in [0, 0.05) is 30.8 Å². The Labute approximate surface area is 128 Å². The Morgan fingerprint density at radius 2 is 2.18 bits per heavy atom. The van der Waals surface area contributed by atoms with Crippen LogP contribution in [0, 0.1) is 0 Å². The molecule has 22 heavy (non-hydrogen) atoms. The number of aryl methyl sites for hydroxylation is 1. The number of likely N-dealkylation sites (tertiary alicyclic amines) is 1. The molecule has 0 saturated carbocycles. The SMILES string of the molecule is CCc1nnc(-c2ccc(NC(=O)N3CC[C@@H](O)C3)cc2)o1. The van der Waals surface area contributed by atoms with Crippen LogP contribution in [0.5, 0.6) is 0 Å². The number of nitrogens with zero attached hydrogens (tertiary/aromatic N) is 3. The van der Waals surface area contributed by atoms with Gasteiger partial charge in [-0.25, -0.2) is 4.79 Å². The standard InChI is InChI=1S/C15H18N4O3/c1-2-13-17-18-14(22-13)10-3-5-11(6-4-10)16-15(21)19-8-7-12(20)9-19/h3-6,12,20H,2,7-9H2,1H3,(H,16,21)/t12-/m1/s1. The highest BCUT2D eigenvalue weighted by Crippen LogP contribution is 2.21. The van der Waals surface area contributed by atoms with Crippen molar-refractivity contribution in [2.45, 2.75) is 25.9 Å². The fraction of sp³-hybridized carbons (Fsp3) is 0.400. The van der Waals surface area contributed by atoms with Crippen molar-refractivity contribution in [3.63, 3.8) is 0 Å². The van der Waals surface area contributed by atoms with E-state index in [2.05, 4.69) is 15.5 Å². The monoisotopic (exact) mass is 302 g/mol. The van der Waals surface area contributed by atoms with Gasteiger partial charge in [0.25, 0.3) is 0 Å². The molecule has 2 N–H and O–H groups in total. The summed E-state index contributed by atoms with van der Waals surface area (Å²) in [6, 6.07) is 7.02. The van der Waals surface area contributed by atoms with Crippen LogP contribution in [0.25, 0.3) is 11.5 Å². The molecule has 1 fully saturated rings. The summed E-state index contributed by atoms with van der Waals surface area (Å²) in [5, 5.41) is 20.2. The molecule has 0 unspecified atom stereocenters. The van der Waals surface area contributed by atoms with E-state index in [1.165, 1.54) is 0 Å². The molecule has 1 aliphatic heterocycles. The van der Waals surface area contributed by atoms with E-state index < -0.39 is 6.10 Å². The van der Waals surface area contributed by atoms with E-state index in [1.54, 1.807) is 17.0 Å². The van der Waals surface area contributed by atoms with Gasteiger partial charge in [-0.3, -0.25) is 0 Å². The van der Waals surface area contributed by atoms with E-state index in [1.807, 2.05) is 19.1 Å². The maximum atomic E-state index is 12.0. The minimum absolute atomic E-state index is 0.199. The van der Waals surface area contributed by atoms with Crippen LogP contribution < -0.4 is 5.32 Å². The number of β-amino-alcohol motifs (C(OH)–C–C–N with tert-alkyl or cyclic N) is 1. The Morgan fingerprint density at radius 1 is 1.41 bits per heavy atom. The smallest absolute Gasteiger partial charge is 0.321 e. The average molecular weight is 302 g/mol. The third kappa shape index (κ3) is 3.09. The molecule has 1 saturated heterocycles. The lowest BCUT2D eigenvalue weighted by Crippen LogP contribution is -2.33. The number of hydrogen-bond donors (Lipinski definition) is 2. The molecular weight excluding hydrogens is 284 g/mol. The van der Waals surface area contributed by atoms with E-state index in [0.717, 1.165) is 5.56 Å². The van der Waals surface area contributed by atoms with Crippen molar-refractivity contribution in [2.75, 3.05) is 18.4 Å². The van der Waals surface area contributed by atoms with Crippen LogP contribution in [0.2, 0.25) is 0 Å². The van der Waals surface area contributed by atoms with Crippen molar-refractivity contribution in [3.8, 4) is 11.5 Å². The molecule has 7 heteroatoms. The first-order valence-corrected chi connectivity index (χ1v) is 7.32. The summed E-state index contributed by atoms with van der Waals surface area (Å²) in [5.74, 6) is 1.07. The van der Waals surface area contributed by atoms with Crippen LogP contribution in [-0.4, -0.2) is 45.4 Å². The van der Waals surface area contributed by atoms with Crippen LogP contribution in [0.3, 0.4) is 0 Å². The van der Waals surface area contributed by atoms with Gasteiger partial charge in [0.05, 0.1) is 6.10 Å². The van der Waals surface area contributed by atoms with E-state index in [-0.39, 0.29) is 6.03 Å². The van der Waals surface area contributed by atoms with E-state index in [0.29, 0.717) is 43.4 Å². The summed E-state index contributed by atoms with van der Waals surface area (Å²) in [7, 11) is 0. The number of nitrogens with one attached hydrogen (secondary N) is 1. The van der Waals surface area contributed by atoms with Gasteiger partial charge < -0.3 is 19.7 Å². The highest BCUT2D eigenvalue weighted by atomic mass is 16.4. The zero-order valence-corrected chi connectivity index (χ0v) is 12.3. The number of benzene rings is 1. The normalized spacial score (nSPS) is 17.7. The highest BCUT2D eigenvalue weighted by molar-refractivity contribution is 5.89. The van der Waals surface area contributed by atoms with Gasteiger partial charge in [0.15, 0.2) is 0 Å². The van der Waals surface area contributed by atoms with E-state index >= 15 is 0 Å². The number of aliphatic hydroxyl groups is 1. The second kappa shape index (κ2) is 6.15. The second-order valence-electron chi connectivity index (χ2n) is 5.25. The molecule has 2 aromatic rings. The number of rotatable bonds is 3. The second-order valence-corrected chi connectivity index (χ2v) is 5.25. The molecule has 1 aliphatic rings. The summed E-state index contributed by atoms with van der Waals surface area (Å²) >= 11 is 0. The largest absolute Gasteiger partial charge is 0.421 e. The first kappa shape index (κ1) is 14.5. The molecule has 2 heterocycles. The van der Waals surface area contributed by atoms with Crippen LogP contribution in [-0.2, 0) is 6.42 Å². The molecular formula is C15H18N4O3. The van der Waals surface area contributed by atoms with Gasteiger partial charge >= 0.3 is 6.03 Å². The zero-order chi connectivity index (χ0) is 15.5. The van der Waals surface area contributed by atoms with Gasteiger partial charge in [-0.15, -0.1) is 10.2 Å². The first-order valence-electron chi connectivity index (χ1n) is 7.32. The lowest BCUT2D eigenvalue weighted by atomic mass is 10.2. The van der Waals surface area contributed by atoms with Crippen LogP contribution in [0.4, 0.5) is 10.5 Å². The lowest BCUT2D eigenvalue weighted by Gasteiger charge is -2.16. The van der Waals surface area contributed by atoms with Gasteiger partial charge in [0.1, 0.15) is 0 Å². The molecule has 1 aromatic carbocycles.